The average molecular weight is 583 g/mol. The van der Waals surface area contributed by atoms with Gasteiger partial charge in [0.15, 0.2) is 6.04 Å². The normalized spacial score (nSPS) is 20.4. The van der Waals surface area contributed by atoms with E-state index in [1.54, 1.807) is 13.8 Å². The van der Waals surface area contributed by atoms with Gasteiger partial charge in [0.1, 0.15) is 12.1 Å². The van der Waals surface area contributed by atoms with Crippen molar-refractivity contribution in [2.75, 3.05) is 21.2 Å². The SMILES string of the molecule is CO[C@H]1CC(=O)N(C(=O)CC[C@H](C)NC(=O)[C@H](CC(C)C)NC(=O)[C@H](CC(C)C)NC(=O)[C@H](C(C)C)[NH+](C)C)[C@H]1C. The van der Waals surface area contributed by atoms with Gasteiger partial charge in [-0.2, -0.15) is 0 Å². The van der Waals surface area contributed by atoms with Crippen LogP contribution in [0, 0.1) is 17.8 Å². The fraction of sp³-hybridized carbons (Fsp3) is 0.833. The molecule has 1 fully saturated rings. The van der Waals surface area contributed by atoms with Crippen LogP contribution in [0.25, 0.3) is 0 Å². The molecule has 41 heavy (non-hydrogen) atoms. The third kappa shape index (κ3) is 11.3. The van der Waals surface area contributed by atoms with Gasteiger partial charge in [0.2, 0.25) is 23.6 Å². The molecule has 0 aliphatic carbocycles. The number of likely N-dealkylation sites (N-methyl/N-ethyl adjacent to an activating group) is 1. The number of amides is 5. The second-order valence-corrected chi connectivity index (χ2v) is 13.0. The third-order valence-corrected chi connectivity index (χ3v) is 7.59. The minimum Gasteiger partial charge on any atom is -0.379 e. The first-order chi connectivity index (χ1) is 19.0. The number of quaternary nitrogens is 1. The molecule has 0 saturated carbocycles. The van der Waals surface area contributed by atoms with Crippen molar-refractivity contribution in [2.24, 2.45) is 17.8 Å². The molecule has 0 spiro atoms. The molecule has 236 valence electrons. The highest BCUT2D eigenvalue weighted by atomic mass is 16.5. The van der Waals surface area contributed by atoms with Gasteiger partial charge in [-0.05, 0) is 44.9 Å². The molecule has 6 atom stereocenters. The van der Waals surface area contributed by atoms with E-state index in [1.807, 2.05) is 55.6 Å². The van der Waals surface area contributed by atoms with E-state index in [-0.39, 0.29) is 84.4 Å². The van der Waals surface area contributed by atoms with Crippen molar-refractivity contribution in [1.82, 2.24) is 20.9 Å². The summed E-state index contributed by atoms with van der Waals surface area (Å²) in [4.78, 5) is 67.1. The fourth-order valence-electron chi connectivity index (χ4n) is 5.53. The van der Waals surface area contributed by atoms with Gasteiger partial charge in [0.05, 0.1) is 32.7 Å². The van der Waals surface area contributed by atoms with Crippen LogP contribution in [0.15, 0.2) is 0 Å². The fourth-order valence-corrected chi connectivity index (χ4v) is 5.53. The zero-order valence-corrected chi connectivity index (χ0v) is 27.1. The Kier molecular flexibility index (Phi) is 15.0. The molecule has 1 aliphatic heterocycles. The first-order valence-electron chi connectivity index (χ1n) is 15.1. The number of hydrogen-bond acceptors (Lipinski definition) is 6. The van der Waals surface area contributed by atoms with Gasteiger partial charge in [-0.3, -0.25) is 28.9 Å². The molecular formula is C30H56N5O6+. The zero-order valence-electron chi connectivity index (χ0n) is 27.1. The summed E-state index contributed by atoms with van der Waals surface area (Å²) < 4.78 is 5.30. The molecular weight excluding hydrogens is 526 g/mol. The first-order valence-corrected chi connectivity index (χ1v) is 15.1. The predicted molar refractivity (Wildman–Crippen MR) is 158 cm³/mol. The highest BCUT2D eigenvalue weighted by Gasteiger charge is 2.40. The maximum Gasteiger partial charge on any atom is 0.279 e. The topological polar surface area (TPSA) is 138 Å². The number of rotatable bonds is 16. The Bertz CT molecular complexity index is 898. The standard InChI is InChI=1S/C30H55N5O6/c1-17(2)14-22(32-29(39)23(15-18(3)4)33-30(40)27(19(5)6)34(9)10)28(38)31-20(7)12-13-25(36)35-21(8)24(41-11)16-26(35)37/h17-24,27H,12-16H2,1-11H3,(H,31,38)(H,32,39)(H,33,40)/p+1/t20-,21-,22-,23-,24-,27-/m0/s1. The number of nitrogens with one attached hydrogen (secondary N) is 4. The van der Waals surface area contributed by atoms with E-state index >= 15 is 0 Å². The minimum absolute atomic E-state index is 0.0869. The molecule has 0 bridgehead atoms. The van der Waals surface area contributed by atoms with Crippen molar-refractivity contribution in [3.63, 3.8) is 0 Å². The first kappa shape index (κ1) is 36.5. The summed E-state index contributed by atoms with van der Waals surface area (Å²) in [5.41, 5.74) is 0. The Morgan fingerprint density at radius 1 is 0.878 bits per heavy atom. The molecule has 0 unspecified atom stereocenters. The number of methoxy groups -OCH3 is 1. The molecule has 11 nitrogen and oxygen atoms in total. The van der Waals surface area contributed by atoms with E-state index in [0.717, 1.165) is 4.90 Å². The van der Waals surface area contributed by atoms with Crippen molar-refractivity contribution in [2.45, 2.75) is 124 Å². The average Bonchev–Trinajstić information content (AvgIpc) is 3.13. The van der Waals surface area contributed by atoms with Gasteiger partial charge in [-0.25, -0.2) is 0 Å². The molecule has 1 heterocycles. The van der Waals surface area contributed by atoms with E-state index in [2.05, 4.69) is 16.0 Å². The van der Waals surface area contributed by atoms with Crippen LogP contribution in [0.5, 0.6) is 0 Å². The van der Waals surface area contributed by atoms with Crippen molar-refractivity contribution >= 4 is 29.5 Å². The second-order valence-electron chi connectivity index (χ2n) is 13.0. The molecule has 5 amide bonds. The van der Waals surface area contributed by atoms with E-state index in [4.69, 9.17) is 4.74 Å². The number of likely N-dealkylation sites (tertiary alicyclic amines) is 1. The van der Waals surface area contributed by atoms with Crippen LogP contribution >= 0.6 is 0 Å². The molecule has 0 aromatic carbocycles. The summed E-state index contributed by atoms with van der Waals surface area (Å²) in [5, 5.41) is 8.75. The monoisotopic (exact) mass is 582 g/mol. The van der Waals surface area contributed by atoms with Crippen LogP contribution in [0.1, 0.15) is 87.5 Å². The van der Waals surface area contributed by atoms with Crippen molar-refractivity contribution in [3.05, 3.63) is 0 Å². The Morgan fingerprint density at radius 3 is 1.78 bits per heavy atom. The molecule has 0 aromatic heterocycles. The Morgan fingerprint density at radius 2 is 1.37 bits per heavy atom. The lowest BCUT2D eigenvalue weighted by molar-refractivity contribution is -0.879. The summed E-state index contributed by atoms with van der Waals surface area (Å²) in [5.74, 6) is -1.10. The second kappa shape index (κ2) is 16.8. The van der Waals surface area contributed by atoms with E-state index in [9.17, 15) is 24.0 Å². The van der Waals surface area contributed by atoms with Crippen LogP contribution < -0.4 is 20.9 Å². The Labute approximate surface area is 246 Å². The maximum atomic E-state index is 13.4. The lowest BCUT2D eigenvalue weighted by atomic mass is 9.98. The number of ether oxygens (including phenoxy) is 1. The van der Waals surface area contributed by atoms with Crippen LogP contribution in [-0.4, -0.2) is 92.0 Å². The Hall–Kier alpha value is -2.53. The van der Waals surface area contributed by atoms with Crippen molar-refractivity contribution in [1.29, 1.82) is 0 Å². The lowest BCUT2D eigenvalue weighted by Gasteiger charge is -2.29. The van der Waals surface area contributed by atoms with Gasteiger partial charge < -0.3 is 25.6 Å². The van der Waals surface area contributed by atoms with Gasteiger partial charge in [0.25, 0.3) is 5.91 Å². The zero-order chi connectivity index (χ0) is 31.6. The van der Waals surface area contributed by atoms with Crippen LogP contribution in [0.4, 0.5) is 0 Å². The van der Waals surface area contributed by atoms with Gasteiger partial charge >= 0.3 is 0 Å². The van der Waals surface area contributed by atoms with Crippen molar-refractivity contribution < 1.29 is 33.6 Å². The molecule has 0 aromatic rings. The lowest BCUT2D eigenvalue weighted by Crippen LogP contribution is -3.12. The molecule has 4 N–H and O–H groups in total. The largest absolute Gasteiger partial charge is 0.379 e. The number of hydrogen-bond donors (Lipinski definition) is 4. The van der Waals surface area contributed by atoms with Gasteiger partial charge in [-0.1, -0.05) is 41.5 Å². The number of nitrogens with zero attached hydrogens (tertiary/aromatic N) is 1. The highest BCUT2D eigenvalue weighted by molar-refractivity contribution is 5.97. The molecule has 1 rings (SSSR count). The van der Waals surface area contributed by atoms with E-state index in [0.29, 0.717) is 19.3 Å². The number of carbonyl (C=O) groups is 5. The summed E-state index contributed by atoms with van der Waals surface area (Å²) in [6.45, 7) is 15.4. The third-order valence-electron chi connectivity index (χ3n) is 7.59. The highest BCUT2D eigenvalue weighted by Crippen LogP contribution is 2.23. The number of carbonyl (C=O) groups excluding carboxylic acids is 5. The summed E-state index contributed by atoms with van der Waals surface area (Å²) in [7, 11) is 5.36. The number of imide groups is 1. The van der Waals surface area contributed by atoms with Crippen LogP contribution in [-0.2, 0) is 28.7 Å². The summed E-state index contributed by atoms with van der Waals surface area (Å²) in [6.07, 6.45) is 1.17. The summed E-state index contributed by atoms with van der Waals surface area (Å²) in [6, 6.07) is -2.56. The molecule has 0 radical (unpaired) electrons. The van der Waals surface area contributed by atoms with Gasteiger partial charge in [0, 0.05) is 25.5 Å². The minimum atomic E-state index is -0.796. The smallest absolute Gasteiger partial charge is 0.279 e. The molecule has 1 saturated heterocycles. The van der Waals surface area contributed by atoms with Crippen molar-refractivity contribution in [3.8, 4) is 0 Å². The van der Waals surface area contributed by atoms with E-state index < -0.39 is 12.1 Å². The van der Waals surface area contributed by atoms with Crippen LogP contribution in [0.3, 0.4) is 0 Å². The Balaban J connectivity index is 2.88. The van der Waals surface area contributed by atoms with Crippen LogP contribution in [0.2, 0.25) is 0 Å². The van der Waals surface area contributed by atoms with E-state index in [1.165, 1.54) is 12.0 Å². The summed E-state index contributed by atoms with van der Waals surface area (Å²) >= 11 is 0. The quantitative estimate of drug-likeness (QED) is 0.211. The predicted octanol–water partition coefficient (Wildman–Crippen LogP) is 0.665. The molecule has 1 aliphatic rings. The van der Waals surface area contributed by atoms with Gasteiger partial charge in [-0.15, -0.1) is 0 Å². The maximum absolute atomic E-state index is 13.4. The molecule has 11 heteroatoms.